The maximum atomic E-state index is 12.7. The van der Waals surface area contributed by atoms with E-state index in [2.05, 4.69) is 30.7 Å². The van der Waals surface area contributed by atoms with Gasteiger partial charge in [0.1, 0.15) is 0 Å². The fourth-order valence-electron chi connectivity index (χ4n) is 2.59. The Bertz CT molecular complexity index is 276. The first-order valence-electron chi connectivity index (χ1n) is 7.18. The summed E-state index contributed by atoms with van der Waals surface area (Å²) >= 11 is 0. The average molecular weight is 255 g/mol. The molecule has 1 amide bonds. The summed E-state index contributed by atoms with van der Waals surface area (Å²) < 4.78 is 0. The summed E-state index contributed by atoms with van der Waals surface area (Å²) in [6, 6.07) is 0.336. The normalized spacial score (nSPS) is 25.6. The highest BCUT2D eigenvalue weighted by Gasteiger charge is 2.37. The van der Waals surface area contributed by atoms with E-state index >= 15 is 0 Å². The van der Waals surface area contributed by atoms with E-state index < -0.39 is 5.41 Å². The van der Waals surface area contributed by atoms with Gasteiger partial charge in [-0.05, 0) is 39.8 Å². The van der Waals surface area contributed by atoms with Crippen molar-refractivity contribution in [2.24, 2.45) is 11.1 Å². The van der Waals surface area contributed by atoms with Gasteiger partial charge in [-0.1, -0.05) is 13.8 Å². The molecular formula is C14H29N3O. The molecule has 0 bridgehead atoms. The molecule has 0 aromatic rings. The van der Waals surface area contributed by atoms with Gasteiger partial charge in [0.25, 0.3) is 0 Å². The third-order valence-electron chi connectivity index (χ3n) is 4.38. The second kappa shape index (κ2) is 6.53. The van der Waals surface area contributed by atoms with Crippen molar-refractivity contribution in [2.75, 3.05) is 33.2 Å². The first kappa shape index (κ1) is 15.4. The summed E-state index contributed by atoms with van der Waals surface area (Å²) in [5.74, 6) is 0.245. The second-order valence-electron chi connectivity index (χ2n) is 5.79. The fourth-order valence-corrected chi connectivity index (χ4v) is 2.59. The van der Waals surface area contributed by atoms with Crippen LogP contribution in [0.3, 0.4) is 0 Å². The van der Waals surface area contributed by atoms with Gasteiger partial charge in [-0.3, -0.25) is 4.79 Å². The minimum absolute atomic E-state index is 0.245. The van der Waals surface area contributed by atoms with Crippen LogP contribution in [-0.2, 0) is 4.79 Å². The number of nitrogens with zero attached hydrogens (tertiary/aromatic N) is 2. The lowest BCUT2D eigenvalue weighted by atomic mass is 9.85. The van der Waals surface area contributed by atoms with Crippen LogP contribution in [0, 0.1) is 5.41 Å². The van der Waals surface area contributed by atoms with Gasteiger partial charge in [-0.2, -0.15) is 0 Å². The Kier molecular flexibility index (Phi) is 5.60. The number of carbonyl (C=O) groups is 1. The van der Waals surface area contributed by atoms with Gasteiger partial charge in [0, 0.05) is 25.7 Å². The molecule has 1 aliphatic rings. The van der Waals surface area contributed by atoms with Crippen molar-refractivity contribution in [1.82, 2.24) is 9.80 Å². The summed E-state index contributed by atoms with van der Waals surface area (Å²) in [6.07, 6.45) is 2.88. The van der Waals surface area contributed by atoms with E-state index in [4.69, 9.17) is 5.73 Å². The monoisotopic (exact) mass is 255 g/mol. The van der Waals surface area contributed by atoms with Crippen LogP contribution in [0.4, 0.5) is 0 Å². The van der Waals surface area contributed by atoms with Crippen LogP contribution < -0.4 is 5.73 Å². The number of carbonyl (C=O) groups excluding carboxylic acids is 1. The predicted molar refractivity (Wildman–Crippen MR) is 75.4 cm³/mol. The Morgan fingerprint density at radius 2 is 2.06 bits per heavy atom. The minimum atomic E-state index is -0.393. The maximum absolute atomic E-state index is 12.7. The molecule has 4 heteroatoms. The van der Waals surface area contributed by atoms with Gasteiger partial charge < -0.3 is 15.5 Å². The molecule has 0 aromatic carbocycles. The van der Waals surface area contributed by atoms with Crippen LogP contribution in [0.5, 0.6) is 0 Å². The van der Waals surface area contributed by atoms with Crippen molar-refractivity contribution in [3.8, 4) is 0 Å². The zero-order chi connectivity index (χ0) is 13.8. The SMILES string of the molecule is CCC1CN(C)CCCN1C(=O)C(C)(CC)CN. The molecule has 0 saturated carbocycles. The lowest BCUT2D eigenvalue weighted by Gasteiger charge is -2.37. The molecule has 1 heterocycles. The largest absolute Gasteiger partial charge is 0.338 e. The lowest BCUT2D eigenvalue weighted by Crippen LogP contribution is -2.51. The minimum Gasteiger partial charge on any atom is -0.338 e. The van der Waals surface area contributed by atoms with Crippen molar-refractivity contribution < 1.29 is 4.79 Å². The van der Waals surface area contributed by atoms with Gasteiger partial charge in [-0.15, -0.1) is 0 Å². The molecule has 1 fully saturated rings. The van der Waals surface area contributed by atoms with E-state index in [1.807, 2.05) is 6.92 Å². The number of hydrogen-bond acceptors (Lipinski definition) is 3. The van der Waals surface area contributed by atoms with Gasteiger partial charge in [-0.25, -0.2) is 0 Å². The van der Waals surface area contributed by atoms with Gasteiger partial charge >= 0.3 is 0 Å². The number of rotatable bonds is 4. The summed E-state index contributed by atoms with van der Waals surface area (Å²) in [5, 5.41) is 0. The fraction of sp³-hybridized carbons (Fsp3) is 0.929. The van der Waals surface area contributed by atoms with Gasteiger partial charge in [0.15, 0.2) is 0 Å². The second-order valence-corrected chi connectivity index (χ2v) is 5.79. The molecule has 1 saturated heterocycles. The first-order valence-corrected chi connectivity index (χ1v) is 7.18. The van der Waals surface area contributed by atoms with Crippen molar-refractivity contribution in [3.05, 3.63) is 0 Å². The molecule has 1 rings (SSSR count). The lowest BCUT2D eigenvalue weighted by molar-refractivity contribution is -0.143. The number of likely N-dealkylation sites (N-methyl/N-ethyl adjacent to an activating group) is 1. The zero-order valence-electron chi connectivity index (χ0n) is 12.4. The van der Waals surface area contributed by atoms with Gasteiger partial charge in [0.2, 0.25) is 5.91 Å². The highest BCUT2D eigenvalue weighted by molar-refractivity contribution is 5.83. The van der Waals surface area contributed by atoms with E-state index in [-0.39, 0.29) is 5.91 Å². The quantitative estimate of drug-likeness (QED) is 0.824. The molecule has 4 nitrogen and oxygen atoms in total. The van der Waals surface area contributed by atoms with E-state index in [1.165, 1.54) is 0 Å². The Balaban J connectivity index is 2.87. The van der Waals surface area contributed by atoms with Crippen LogP contribution in [0.2, 0.25) is 0 Å². The van der Waals surface area contributed by atoms with E-state index in [9.17, 15) is 4.79 Å². The Morgan fingerprint density at radius 3 is 2.56 bits per heavy atom. The van der Waals surface area contributed by atoms with Crippen molar-refractivity contribution in [1.29, 1.82) is 0 Å². The van der Waals surface area contributed by atoms with Crippen LogP contribution in [0.1, 0.15) is 40.0 Å². The molecule has 2 unspecified atom stereocenters. The Morgan fingerprint density at radius 1 is 1.39 bits per heavy atom. The first-order chi connectivity index (χ1) is 8.48. The summed E-state index contributed by atoms with van der Waals surface area (Å²) in [5.41, 5.74) is 5.43. The highest BCUT2D eigenvalue weighted by Crippen LogP contribution is 2.25. The summed E-state index contributed by atoms with van der Waals surface area (Å²) in [4.78, 5) is 17.1. The molecule has 2 atom stereocenters. The number of amides is 1. The predicted octanol–water partition coefficient (Wildman–Crippen LogP) is 1.30. The molecule has 2 N–H and O–H groups in total. The Hall–Kier alpha value is -0.610. The standard InChI is InChI=1S/C14H29N3O/c1-5-12-10-16(4)8-7-9-17(12)13(18)14(3,6-2)11-15/h12H,5-11,15H2,1-4H3. The smallest absolute Gasteiger partial charge is 0.230 e. The molecule has 18 heavy (non-hydrogen) atoms. The molecular weight excluding hydrogens is 226 g/mol. The average Bonchev–Trinajstić information content (AvgIpc) is 2.58. The number of hydrogen-bond donors (Lipinski definition) is 1. The highest BCUT2D eigenvalue weighted by atomic mass is 16.2. The van der Waals surface area contributed by atoms with Gasteiger partial charge in [0.05, 0.1) is 5.41 Å². The van der Waals surface area contributed by atoms with Crippen molar-refractivity contribution in [3.63, 3.8) is 0 Å². The summed E-state index contributed by atoms with van der Waals surface area (Å²) in [6.45, 7) is 9.57. The van der Waals surface area contributed by atoms with Crippen molar-refractivity contribution in [2.45, 2.75) is 46.1 Å². The third-order valence-corrected chi connectivity index (χ3v) is 4.38. The topological polar surface area (TPSA) is 49.6 Å². The molecule has 0 spiro atoms. The molecule has 1 aliphatic heterocycles. The van der Waals surface area contributed by atoms with Crippen LogP contribution in [-0.4, -0.2) is 55.0 Å². The molecule has 106 valence electrons. The molecule has 0 radical (unpaired) electrons. The van der Waals surface area contributed by atoms with Crippen molar-refractivity contribution >= 4 is 5.91 Å². The third kappa shape index (κ3) is 3.23. The molecule has 0 aliphatic carbocycles. The molecule has 0 aromatic heterocycles. The van der Waals surface area contributed by atoms with Crippen LogP contribution >= 0.6 is 0 Å². The van der Waals surface area contributed by atoms with E-state index in [0.29, 0.717) is 12.6 Å². The zero-order valence-corrected chi connectivity index (χ0v) is 12.4. The van der Waals surface area contributed by atoms with E-state index in [0.717, 1.165) is 38.9 Å². The van der Waals surface area contributed by atoms with Crippen LogP contribution in [0.15, 0.2) is 0 Å². The van der Waals surface area contributed by atoms with Crippen LogP contribution in [0.25, 0.3) is 0 Å². The number of nitrogens with two attached hydrogens (primary N) is 1. The summed E-state index contributed by atoms with van der Waals surface area (Å²) in [7, 11) is 2.14. The maximum Gasteiger partial charge on any atom is 0.230 e. The Labute approximate surface area is 111 Å². The van der Waals surface area contributed by atoms with E-state index in [1.54, 1.807) is 0 Å².